The van der Waals surface area contributed by atoms with Crippen molar-refractivity contribution >= 4 is 33.6 Å². The third-order valence-electron chi connectivity index (χ3n) is 11.8. The zero-order valence-corrected chi connectivity index (χ0v) is 52.5. The average Bonchev–Trinajstić information content (AvgIpc) is 3.66. The first kappa shape index (κ1) is 79.8. The van der Waals surface area contributed by atoms with Crippen molar-refractivity contribution < 1.29 is 69.6 Å². The lowest BCUT2D eigenvalue weighted by molar-refractivity contribution is -0.150. The summed E-state index contributed by atoms with van der Waals surface area (Å²) in [5.41, 5.74) is 18.5. The van der Waals surface area contributed by atoms with Crippen molar-refractivity contribution in [3.63, 3.8) is 0 Å². The molecule has 0 aliphatic rings. The summed E-state index contributed by atoms with van der Waals surface area (Å²) in [6.07, 6.45) is 33.2. The third-order valence-corrected chi connectivity index (χ3v) is 14.7. The first-order valence-electron chi connectivity index (χ1n) is 29.7. The Labute approximate surface area is 511 Å². The van der Waals surface area contributed by atoms with Crippen LogP contribution in [0.3, 0.4) is 0 Å². The highest BCUT2D eigenvalue weighted by Crippen LogP contribution is 2.50. The van der Waals surface area contributed by atoms with Crippen LogP contribution in [0.25, 0.3) is 20.9 Å². The number of urea groups is 1. The van der Waals surface area contributed by atoms with E-state index in [2.05, 4.69) is 117 Å². The molecule has 2 N–H and O–H groups in total. The summed E-state index contributed by atoms with van der Waals surface area (Å²) < 4.78 is 82.3. The molecule has 0 heterocycles. The number of carbonyl (C=O) groups excluding carboxylic acids is 3. The molecule has 2 amide bonds. The Morgan fingerprint density at radius 1 is 0.523 bits per heavy atom. The van der Waals surface area contributed by atoms with Crippen LogP contribution in [0.5, 0.6) is 0 Å². The van der Waals surface area contributed by atoms with Gasteiger partial charge in [-0.05, 0) is 71.3 Å². The predicted octanol–water partition coefficient (Wildman–Crippen LogP) is 12.9. The highest BCUT2D eigenvalue weighted by molar-refractivity contribution is 7.48. The quantitative estimate of drug-likeness (QED) is 0.00836. The van der Waals surface area contributed by atoms with Gasteiger partial charge in [-0.25, -0.2) is 13.9 Å². The summed E-state index contributed by atoms with van der Waals surface area (Å²) >= 11 is 0. The van der Waals surface area contributed by atoms with Gasteiger partial charge in [0.2, 0.25) is 0 Å². The molecular weight excluding hydrogens is 1150 g/mol. The Balaban J connectivity index is 5.16. The van der Waals surface area contributed by atoms with Crippen LogP contribution in [0.4, 0.5) is 4.79 Å². The first-order valence-corrected chi connectivity index (χ1v) is 32.6. The van der Waals surface area contributed by atoms with E-state index in [0.717, 1.165) is 51.4 Å². The van der Waals surface area contributed by atoms with Crippen molar-refractivity contribution in [2.45, 2.75) is 192 Å². The summed E-state index contributed by atoms with van der Waals surface area (Å²) in [4.78, 5) is 43.7. The van der Waals surface area contributed by atoms with Crippen LogP contribution in [0, 0.1) is 72.1 Å². The van der Waals surface area contributed by atoms with Crippen LogP contribution in [0.15, 0.2) is 35.5 Å². The fourth-order valence-corrected chi connectivity index (χ4v) is 9.79. The van der Waals surface area contributed by atoms with Gasteiger partial charge < -0.3 is 29.6 Å². The van der Waals surface area contributed by atoms with E-state index in [1.54, 1.807) is 0 Å². The van der Waals surface area contributed by atoms with E-state index in [0.29, 0.717) is 0 Å². The molecule has 0 saturated carbocycles. The number of carbonyl (C=O) groups is 3. The molecule has 0 bridgehead atoms. The molecule has 0 spiro atoms. The fraction of sp³-hybridized carbons (Fsp3) is 0.689. The van der Waals surface area contributed by atoms with Crippen LogP contribution < -0.4 is 10.6 Å². The lowest BCUT2D eigenvalue weighted by Gasteiger charge is -2.20. The van der Waals surface area contributed by atoms with Gasteiger partial charge in [-0.15, -0.1) is 26.0 Å². The average molecular weight is 1240 g/mol. The molecule has 2 unspecified atom stereocenters. The molecule has 476 valence electrons. The SMILES string of the molecule is C#CC#CC#CC[C@H](CCOC[C@H](COP(=O)(OCC=C)OCCNC(=O)NCCOP(=O)(OCC=C)OC[C@H](COCC[C@@H](CC#CC#CC#C)OC(=O)CCCCCCCCCCC)N=[N+]=[N-])N=[N+]=[N-])OC(=O)CCCCCCCCCCC. The Morgan fingerprint density at radius 2 is 0.895 bits per heavy atom. The van der Waals surface area contributed by atoms with Gasteiger partial charge in [0.05, 0.1) is 78.2 Å². The number of terminal acetylenes is 2. The van der Waals surface area contributed by atoms with Gasteiger partial charge in [-0.3, -0.25) is 36.7 Å². The summed E-state index contributed by atoms with van der Waals surface area (Å²) in [5.74, 6) is 24.5. The maximum atomic E-state index is 13.5. The molecule has 0 aromatic carbocycles. The largest absolute Gasteiger partial charge is 0.475 e. The lowest BCUT2D eigenvalue weighted by atomic mass is 10.1. The minimum atomic E-state index is -4.32. The van der Waals surface area contributed by atoms with Crippen LogP contribution in [0.1, 0.15) is 168 Å². The molecule has 86 heavy (non-hydrogen) atoms. The van der Waals surface area contributed by atoms with Gasteiger partial charge >= 0.3 is 33.6 Å². The second kappa shape index (κ2) is 57.9. The molecule has 0 aliphatic carbocycles. The Bertz CT molecular complexity index is 2300. The molecule has 0 saturated heterocycles. The second-order valence-corrected chi connectivity index (χ2v) is 22.5. The van der Waals surface area contributed by atoms with E-state index in [9.17, 15) is 34.6 Å². The summed E-state index contributed by atoms with van der Waals surface area (Å²) in [5, 5.41) is 12.3. The van der Waals surface area contributed by atoms with E-state index < -0.39 is 59.2 Å². The van der Waals surface area contributed by atoms with Crippen molar-refractivity contribution in [1.29, 1.82) is 0 Å². The zero-order valence-electron chi connectivity index (χ0n) is 50.7. The minimum absolute atomic E-state index is 0.0760. The lowest BCUT2D eigenvalue weighted by Crippen LogP contribution is -2.38. The highest BCUT2D eigenvalue weighted by atomic mass is 31.2. The molecule has 0 rings (SSSR count). The topological polar surface area (TPSA) is 299 Å². The van der Waals surface area contributed by atoms with Crippen LogP contribution >= 0.6 is 15.6 Å². The van der Waals surface area contributed by atoms with E-state index >= 15 is 0 Å². The fourth-order valence-electron chi connectivity index (χ4n) is 7.42. The summed E-state index contributed by atoms with van der Waals surface area (Å²) in [6.45, 7) is 8.79. The minimum Gasteiger partial charge on any atom is -0.461 e. The van der Waals surface area contributed by atoms with Crippen molar-refractivity contribution in [3.8, 4) is 72.1 Å². The number of phosphoric ester groups is 2. The van der Waals surface area contributed by atoms with E-state index in [1.807, 2.05) is 0 Å². The van der Waals surface area contributed by atoms with E-state index in [1.165, 1.54) is 76.4 Å². The summed E-state index contributed by atoms with van der Waals surface area (Å²) in [7, 11) is -8.64. The molecular formula is C61H92N8O15P2. The maximum absolute atomic E-state index is 13.5. The predicted molar refractivity (Wildman–Crippen MR) is 331 cm³/mol. The first-order chi connectivity index (χ1) is 41.9. The van der Waals surface area contributed by atoms with E-state index in [-0.39, 0.29) is 116 Å². The number of hydrogen-bond acceptors (Lipinski definition) is 17. The number of phosphoric acid groups is 2. The highest BCUT2D eigenvalue weighted by Gasteiger charge is 2.30. The van der Waals surface area contributed by atoms with Gasteiger partial charge in [0, 0.05) is 61.4 Å². The Morgan fingerprint density at radius 3 is 1.24 bits per heavy atom. The second-order valence-electron chi connectivity index (χ2n) is 19.1. The van der Waals surface area contributed by atoms with Gasteiger partial charge in [-0.1, -0.05) is 151 Å². The molecule has 0 radical (unpaired) electrons. The number of esters is 2. The standard InChI is InChI=1S/C61H92N8O15P2/c1-7-13-17-21-23-25-27-31-35-39-59(70)83-57(37-33-29-19-15-9-3)41-47-75-51-55(66-68-62)53-81-85(73,77-45-11-5)79-49-43-64-61(72)65-44-50-80-86(74,78-46-12-6)82-54-56(67-69-63)52-76-48-42-58(38-34-30-20-16-10-4)84-60(71)40-36-32-28-26-24-22-18-14-8-2/h3-4,11-12,55-58H,5-8,13-14,17-18,21-28,31-32,35-54H2,1-2H3,(H2,64,65,72)/t55-,56+,57-,58-,85?,86?/m1/s1. The maximum Gasteiger partial charge on any atom is 0.475 e. The number of rotatable bonds is 56. The molecule has 25 heteroatoms. The van der Waals surface area contributed by atoms with Crippen molar-refractivity contribution in [2.24, 2.45) is 10.2 Å². The molecule has 0 aliphatic heterocycles. The number of nitrogens with zero attached hydrogens (tertiary/aromatic N) is 6. The number of amides is 2. The molecule has 6 atom stereocenters. The van der Waals surface area contributed by atoms with Crippen LogP contribution in [-0.2, 0) is 64.8 Å². The van der Waals surface area contributed by atoms with Crippen molar-refractivity contribution in [2.75, 3.05) is 79.2 Å². The van der Waals surface area contributed by atoms with Gasteiger partial charge in [0.1, 0.15) is 12.2 Å². The molecule has 23 nitrogen and oxygen atoms in total. The number of unbranched alkanes of at least 4 members (excludes halogenated alkanes) is 16. The smallest absolute Gasteiger partial charge is 0.461 e. The summed E-state index contributed by atoms with van der Waals surface area (Å²) in [6, 6.07) is -2.69. The zero-order chi connectivity index (χ0) is 63.3. The number of azide groups is 2. The van der Waals surface area contributed by atoms with Gasteiger partial charge in [0.25, 0.3) is 0 Å². The molecule has 0 aromatic rings. The van der Waals surface area contributed by atoms with Gasteiger partial charge in [-0.2, -0.15) is 0 Å². The number of hydrogen-bond donors (Lipinski definition) is 2. The van der Waals surface area contributed by atoms with Crippen LogP contribution in [0.2, 0.25) is 0 Å². The van der Waals surface area contributed by atoms with Crippen molar-refractivity contribution in [1.82, 2.24) is 10.6 Å². The number of ether oxygens (including phenoxy) is 4. The third kappa shape index (κ3) is 50.0. The Hall–Kier alpha value is -6.19. The van der Waals surface area contributed by atoms with E-state index in [4.69, 9.17) is 58.9 Å². The van der Waals surface area contributed by atoms with Crippen LogP contribution in [-0.4, -0.2) is 121 Å². The molecule has 0 aromatic heterocycles. The molecule has 0 fully saturated rings. The Kier molecular flexibility index (Phi) is 53.7. The van der Waals surface area contributed by atoms with Crippen molar-refractivity contribution in [3.05, 3.63) is 46.2 Å². The monoisotopic (exact) mass is 1240 g/mol. The number of nitrogens with one attached hydrogen (secondary N) is 2. The normalized spacial score (nSPS) is 13.1. The van der Waals surface area contributed by atoms with Gasteiger partial charge in [0.15, 0.2) is 0 Å².